The summed E-state index contributed by atoms with van der Waals surface area (Å²) in [6, 6.07) is 1.76. The first-order chi connectivity index (χ1) is 7.88. The van der Waals surface area contributed by atoms with Crippen molar-refractivity contribution in [1.82, 2.24) is 9.62 Å². The van der Waals surface area contributed by atoms with Crippen LogP contribution in [0.2, 0.25) is 0 Å². The van der Waals surface area contributed by atoms with Crippen molar-refractivity contribution in [3.63, 3.8) is 0 Å². The van der Waals surface area contributed by atoms with Gasteiger partial charge in [-0.3, -0.25) is 4.79 Å². The van der Waals surface area contributed by atoms with Gasteiger partial charge in [0.2, 0.25) is 15.9 Å². The number of nitriles is 1. The molecule has 1 N–H and O–H groups in total. The highest BCUT2D eigenvalue weighted by Gasteiger charge is 2.35. The van der Waals surface area contributed by atoms with Crippen molar-refractivity contribution in [3.05, 3.63) is 0 Å². The fourth-order valence-corrected chi connectivity index (χ4v) is 2.62. The monoisotopic (exact) mass is 259 g/mol. The molecular weight excluding hydrogens is 242 g/mol. The summed E-state index contributed by atoms with van der Waals surface area (Å²) < 4.78 is 25.3. The van der Waals surface area contributed by atoms with E-state index in [1.807, 2.05) is 6.07 Å². The van der Waals surface area contributed by atoms with E-state index in [1.165, 1.54) is 4.90 Å². The van der Waals surface area contributed by atoms with Crippen LogP contribution in [-0.2, 0) is 14.8 Å². The summed E-state index contributed by atoms with van der Waals surface area (Å²) in [7, 11) is -1.75. The van der Waals surface area contributed by atoms with Crippen molar-refractivity contribution in [2.24, 2.45) is 0 Å². The van der Waals surface area contributed by atoms with Gasteiger partial charge in [-0.05, 0) is 19.8 Å². The lowest BCUT2D eigenvalue weighted by atomic mass is 10.2. The van der Waals surface area contributed by atoms with Gasteiger partial charge in [0.15, 0.2) is 0 Å². The zero-order valence-electron chi connectivity index (χ0n) is 10.0. The average Bonchev–Trinajstić information content (AvgIpc) is 3.09. The lowest BCUT2D eigenvalue weighted by molar-refractivity contribution is -0.130. The predicted molar refractivity (Wildman–Crippen MR) is 62.4 cm³/mol. The molecule has 0 unspecified atom stereocenters. The molecule has 96 valence electrons. The summed E-state index contributed by atoms with van der Waals surface area (Å²) in [6.45, 7) is 1.52. The molecule has 1 fully saturated rings. The molecule has 1 saturated carbocycles. The zero-order chi connectivity index (χ0) is 13.1. The summed E-state index contributed by atoms with van der Waals surface area (Å²) in [5.74, 6) is -0.322. The van der Waals surface area contributed by atoms with Crippen LogP contribution >= 0.6 is 0 Å². The highest BCUT2D eigenvalue weighted by atomic mass is 32.2. The van der Waals surface area contributed by atoms with Crippen LogP contribution in [0.5, 0.6) is 0 Å². The number of hydrogen-bond donors (Lipinski definition) is 1. The number of hydrogen-bond acceptors (Lipinski definition) is 4. The molecule has 0 aromatic heterocycles. The summed E-state index contributed by atoms with van der Waals surface area (Å²) in [5.41, 5.74) is 0. The normalized spacial score (nSPS) is 17.2. The molecule has 1 aliphatic rings. The van der Waals surface area contributed by atoms with Crippen molar-refractivity contribution in [2.45, 2.75) is 37.5 Å². The molecule has 0 heterocycles. The van der Waals surface area contributed by atoms with E-state index in [-0.39, 0.29) is 30.2 Å². The van der Waals surface area contributed by atoms with Crippen LogP contribution in [-0.4, -0.2) is 44.1 Å². The van der Waals surface area contributed by atoms with Gasteiger partial charge in [0.05, 0.1) is 24.3 Å². The molecule has 17 heavy (non-hydrogen) atoms. The SMILES string of the molecule is C[C@H](CC#N)N(C)C(=O)CNS(=O)(=O)C1CC1. The van der Waals surface area contributed by atoms with Gasteiger partial charge in [0, 0.05) is 13.1 Å². The van der Waals surface area contributed by atoms with Gasteiger partial charge in [-0.2, -0.15) is 5.26 Å². The minimum atomic E-state index is -3.32. The second-order valence-electron chi connectivity index (χ2n) is 4.28. The maximum Gasteiger partial charge on any atom is 0.237 e. The Balaban J connectivity index is 2.41. The van der Waals surface area contributed by atoms with E-state index in [0.717, 1.165) is 0 Å². The molecule has 0 spiro atoms. The number of nitrogens with one attached hydrogen (secondary N) is 1. The summed E-state index contributed by atoms with van der Waals surface area (Å²) in [6.07, 6.45) is 1.58. The lowest BCUT2D eigenvalue weighted by Crippen LogP contribution is -2.42. The van der Waals surface area contributed by atoms with Gasteiger partial charge in [0.25, 0.3) is 0 Å². The van der Waals surface area contributed by atoms with Crippen molar-refractivity contribution < 1.29 is 13.2 Å². The highest BCUT2D eigenvalue weighted by Crippen LogP contribution is 2.27. The summed E-state index contributed by atoms with van der Waals surface area (Å²) in [5, 5.41) is 8.19. The van der Waals surface area contributed by atoms with E-state index in [4.69, 9.17) is 5.26 Å². The smallest absolute Gasteiger partial charge is 0.237 e. The maximum absolute atomic E-state index is 11.6. The topological polar surface area (TPSA) is 90.3 Å². The van der Waals surface area contributed by atoms with E-state index in [0.29, 0.717) is 12.8 Å². The van der Waals surface area contributed by atoms with Crippen LogP contribution in [0.4, 0.5) is 0 Å². The number of nitrogens with zero attached hydrogens (tertiary/aromatic N) is 2. The van der Waals surface area contributed by atoms with Crippen LogP contribution in [0.1, 0.15) is 26.2 Å². The molecule has 0 radical (unpaired) electrons. The fraction of sp³-hybridized carbons (Fsp3) is 0.800. The molecule has 0 bridgehead atoms. The number of amides is 1. The molecular formula is C10H17N3O3S. The minimum absolute atomic E-state index is 0.210. The van der Waals surface area contributed by atoms with E-state index in [2.05, 4.69) is 4.72 Å². The second-order valence-corrected chi connectivity index (χ2v) is 6.33. The maximum atomic E-state index is 11.6. The Morgan fingerprint density at radius 2 is 2.18 bits per heavy atom. The Morgan fingerprint density at radius 3 is 2.65 bits per heavy atom. The van der Waals surface area contributed by atoms with Crippen LogP contribution in [0.15, 0.2) is 0 Å². The third-order valence-corrected chi connectivity index (χ3v) is 4.72. The van der Waals surface area contributed by atoms with Crippen LogP contribution in [0, 0.1) is 11.3 Å². The van der Waals surface area contributed by atoms with Crippen molar-refractivity contribution >= 4 is 15.9 Å². The second kappa shape index (κ2) is 5.47. The first kappa shape index (κ1) is 13.9. The van der Waals surface area contributed by atoms with Gasteiger partial charge in [-0.15, -0.1) is 0 Å². The Hall–Kier alpha value is -1.13. The van der Waals surface area contributed by atoms with Crippen molar-refractivity contribution in [3.8, 4) is 6.07 Å². The lowest BCUT2D eigenvalue weighted by Gasteiger charge is -2.23. The number of sulfonamides is 1. The average molecular weight is 259 g/mol. The summed E-state index contributed by atoms with van der Waals surface area (Å²) >= 11 is 0. The third kappa shape index (κ3) is 3.98. The molecule has 0 aliphatic heterocycles. The Bertz CT molecular complexity index is 423. The molecule has 1 rings (SSSR count). The van der Waals surface area contributed by atoms with E-state index in [9.17, 15) is 13.2 Å². The van der Waals surface area contributed by atoms with E-state index in [1.54, 1.807) is 14.0 Å². The minimum Gasteiger partial charge on any atom is -0.341 e. The van der Waals surface area contributed by atoms with Gasteiger partial charge in [0.1, 0.15) is 0 Å². The molecule has 0 aromatic carbocycles. The van der Waals surface area contributed by atoms with Crippen molar-refractivity contribution in [2.75, 3.05) is 13.6 Å². The fourth-order valence-electron chi connectivity index (χ4n) is 1.30. The van der Waals surface area contributed by atoms with Gasteiger partial charge >= 0.3 is 0 Å². The standard InChI is InChI=1S/C10H17N3O3S/c1-8(5-6-11)13(2)10(14)7-12-17(15,16)9-3-4-9/h8-9,12H,3-5,7H2,1-2H3/t8-/m1/s1. The number of carbonyl (C=O) groups is 1. The van der Waals surface area contributed by atoms with Crippen LogP contribution in [0.25, 0.3) is 0 Å². The zero-order valence-corrected chi connectivity index (χ0v) is 10.8. The van der Waals surface area contributed by atoms with Crippen molar-refractivity contribution in [1.29, 1.82) is 5.26 Å². The Labute approximate surface area is 102 Å². The Morgan fingerprint density at radius 1 is 1.59 bits per heavy atom. The molecule has 1 atom stereocenters. The molecule has 0 aromatic rings. The molecule has 7 heteroatoms. The summed E-state index contributed by atoms with van der Waals surface area (Å²) in [4.78, 5) is 13.0. The molecule has 1 amide bonds. The quantitative estimate of drug-likeness (QED) is 0.717. The largest absolute Gasteiger partial charge is 0.341 e. The molecule has 6 nitrogen and oxygen atoms in total. The molecule has 0 saturated heterocycles. The molecule has 1 aliphatic carbocycles. The van der Waals surface area contributed by atoms with Crippen LogP contribution in [0.3, 0.4) is 0 Å². The highest BCUT2D eigenvalue weighted by molar-refractivity contribution is 7.90. The predicted octanol–water partition coefficient (Wildman–Crippen LogP) is -0.171. The third-order valence-electron chi connectivity index (χ3n) is 2.83. The first-order valence-electron chi connectivity index (χ1n) is 5.49. The van der Waals surface area contributed by atoms with Gasteiger partial charge in [-0.25, -0.2) is 13.1 Å². The van der Waals surface area contributed by atoms with E-state index < -0.39 is 10.0 Å². The Kier molecular flexibility index (Phi) is 4.48. The van der Waals surface area contributed by atoms with Crippen LogP contribution < -0.4 is 4.72 Å². The first-order valence-corrected chi connectivity index (χ1v) is 7.04. The van der Waals surface area contributed by atoms with E-state index >= 15 is 0 Å². The van der Waals surface area contributed by atoms with Gasteiger partial charge in [-0.1, -0.05) is 0 Å². The number of likely N-dealkylation sites (N-methyl/N-ethyl adjacent to an activating group) is 1. The number of carbonyl (C=O) groups excluding carboxylic acids is 1. The van der Waals surface area contributed by atoms with Gasteiger partial charge < -0.3 is 4.90 Å². The number of rotatable bonds is 6.